The van der Waals surface area contributed by atoms with Crippen molar-refractivity contribution in [1.82, 2.24) is 19.9 Å². The van der Waals surface area contributed by atoms with Crippen LogP contribution in [0.1, 0.15) is 39.5 Å². The molecule has 9 N–H and O–H groups in total. The first-order valence-electron chi connectivity index (χ1n) is 23.7. The lowest BCUT2D eigenvalue weighted by Gasteiger charge is -2.38. The molecule has 0 amide bonds. The fourth-order valence-corrected chi connectivity index (χ4v) is 10.3. The summed E-state index contributed by atoms with van der Waals surface area (Å²) in [6.45, 7) is 0. The van der Waals surface area contributed by atoms with Crippen LogP contribution in [-0.2, 0) is 5.54 Å². The fourth-order valence-electron chi connectivity index (χ4n) is 10.3. The Hall–Kier alpha value is -9.66. The van der Waals surface area contributed by atoms with Gasteiger partial charge in [-0.3, -0.25) is 0 Å². The van der Waals surface area contributed by atoms with Crippen molar-refractivity contribution >= 4 is 69.1 Å². The molecule has 7 aromatic carbocycles. The molecule has 10 aromatic rings. The molecule has 8 bridgehead atoms. The van der Waals surface area contributed by atoms with Gasteiger partial charge < -0.3 is 32.5 Å². The minimum atomic E-state index is -0.811. The molecule has 340 valence electrons. The lowest BCUT2D eigenvalue weighted by molar-refractivity contribution is 0.712. The van der Waals surface area contributed by atoms with Gasteiger partial charge in [-0.2, -0.15) is 0 Å². The maximum absolute atomic E-state index is 6.88. The lowest BCUT2D eigenvalue weighted by Crippen LogP contribution is -2.38. The maximum atomic E-state index is 6.88. The highest BCUT2D eigenvalue weighted by Crippen LogP contribution is 2.45. The van der Waals surface area contributed by atoms with Crippen LogP contribution in [0.4, 0.5) is 22.7 Å². The smallest absolute Gasteiger partial charge is 0.114 e. The van der Waals surface area contributed by atoms with E-state index in [0.717, 1.165) is 112 Å². The molecule has 71 heavy (non-hydrogen) atoms. The molecule has 0 radical (unpaired) electrons. The number of rotatable bonds is 9. The molecular formula is C63H48N8. The van der Waals surface area contributed by atoms with Gasteiger partial charge in [0.05, 0.1) is 22.8 Å². The Bertz CT molecular complexity index is 3750. The van der Waals surface area contributed by atoms with Crippen LogP contribution in [0.25, 0.3) is 90.9 Å². The molecule has 0 spiro atoms. The molecule has 8 nitrogen and oxygen atoms in total. The number of nitrogens with zero attached hydrogens (tertiary/aromatic N) is 2. The van der Waals surface area contributed by atoms with Crippen LogP contribution in [-0.4, -0.2) is 19.9 Å². The molecule has 12 rings (SSSR count). The Labute approximate surface area is 411 Å². The molecule has 0 unspecified atom stereocenters. The molecule has 2 aliphatic rings. The van der Waals surface area contributed by atoms with Crippen molar-refractivity contribution in [2.75, 3.05) is 22.5 Å². The van der Waals surface area contributed by atoms with E-state index in [1.165, 1.54) is 0 Å². The van der Waals surface area contributed by atoms with Crippen LogP contribution in [0.5, 0.6) is 0 Å². The summed E-state index contributed by atoms with van der Waals surface area (Å²) in [5.74, 6) is 0. The van der Waals surface area contributed by atoms with E-state index >= 15 is 0 Å². The molecule has 0 atom stereocenters. The van der Waals surface area contributed by atoms with Crippen molar-refractivity contribution in [2.45, 2.75) is 5.54 Å². The number of para-hydroxylation sites is 4. The van der Waals surface area contributed by atoms with E-state index in [9.17, 15) is 0 Å². The molecule has 0 saturated heterocycles. The van der Waals surface area contributed by atoms with E-state index in [-0.39, 0.29) is 0 Å². The molecule has 3 aromatic heterocycles. The topological polar surface area (TPSA) is 147 Å². The number of aromatic amines is 2. The van der Waals surface area contributed by atoms with Crippen LogP contribution >= 0.6 is 0 Å². The SMILES string of the molecule is Nc1ccccc1-c1c2nc(c(-c3ccccc3N)c3ccc([nH]3)c(-c3ccccc3NC(c3ccccc3)(c3ccccc3)c3ccccc3)c3nc(c(-c4ccccc4N)c4ccc1[nH]4)C=C3)C=C2. The number of H-pyrrole nitrogens is 2. The first-order valence-corrected chi connectivity index (χ1v) is 23.7. The second-order valence-electron chi connectivity index (χ2n) is 17.8. The summed E-state index contributed by atoms with van der Waals surface area (Å²) < 4.78 is 0. The molecule has 0 saturated carbocycles. The van der Waals surface area contributed by atoms with Gasteiger partial charge in [0.25, 0.3) is 0 Å². The van der Waals surface area contributed by atoms with Gasteiger partial charge in [0, 0.05) is 89.3 Å². The highest BCUT2D eigenvalue weighted by Gasteiger charge is 2.37. The summed E-state index contributed by atoms with van der Waals surface area (Å²) in [7, 11) is 0. The number of hydrogen-bond donors (Lipinski definition) is 6. The number of hydrogen-bond acceptors (Lipinski definition) is 6. The van der Waals surface area contributed by atoms with E-state index in [2.05, 4.69) is 179 Å². The Morgan fingerprint density at radius 1 is 0.310 bits per heavy atom. The average molecular weight is 917 g/mol. The Balaban J connectivity index is 1.21. The number of aromatic nitrogens is 4. The van der Waals surface area contributed by atoms with E-state index in [0.29, 0.717) is 17.1 Å². The molecule has 0 aliphatic carbocycles. The van der Waals surface area contributed by atoms with Gasteiger partial charge in [-0.05, 0) is 89.5 Å². The first-order chi connectivity index (χ1) is 34.9. The molecule has 5 heterocycles. The van der Waals surface area contributed by atoms with Gasteiger partial charge in [0.1, 0.15) is 5.54 Å². The molecule has 8 heteroatoms. The first kappa shape index (κ1) is 42.7. The van der Waals surface area contributed by atoms with E-state index in [4.69, 9.17) is 27.2 Å². The van der Waals surface area contributed by atoms with Crippen LogP contribution in [0.2, 0.25) is 0 Å². The zero-order valence-corrected chi connectivity index (χ0v) is 38.6. The quantitative estimate of drug-likeness (QED) is 0.0628. The summed E-state index contributed by atoms with van der Waals surface area (Å²) in [6, 6.07) is 72.7. The largest absolute Gasteiger partial charge is 0.398 e. The van der Waals surface area contributed by atoms with Crippen molar-refractivity contribution in [3.05, 3.63) is 252 Å². The predicted molar refractivity (Wildman–Crippen MR) is 297 cm³/mol. The van der Waals surface area contributed by atoms with E-state index in [1.807, 2.05) is 72.8 Å². The number of nitrogens with two attached hydrogens (primary N) is 3. The summed E-state index contributed by atoms with van der Waals surface area (Å²) in [5.41, 5.74) is 39.1. The minimum Gasteiger partial charge on any atom is -0.398 e. The molecule has 2 aliphatic heterocycles. The van der Waals surface area contributed by atoms with Crippen LogP contribution in [0.3, 0.4) is 0 Å². The lowest BCUT2D eigenvalue weighted by atomic mass is 9.76. The highest BCUT2D eigenvalue weighted by molar-refractivity contribution is 6.03. The van der Waals surface area contributed by atoms with Gasteiger partial charge in [0.2, 0.25) is 0 Å². The summed E-state index contributed by atoms with van der Waals surface area (Å²) in [4.78, 5) is 18.8. The number of nitrogen functional groups attached to an aromatic ring is 3. The van der Waals surface area contributed by atoms with Crippen molar-refractivity contribution in [3.63, 3.8) is 0 Å². The third kappa shape index (κ3) is 7.51. The number of nitrogens with one attached hydrogen (secondary N) is 3. The fraction of sp³-hybridized carbons (Fsp3) is 0.0159. The minimum absolute atomic E-state index is 0.631. The van der Waals surface area contributed by atoms with Gasteiger partial charge in [-0.25, -0.2) is 9.97 Å². The Kier molecular flexibility index (Phi) is 10.7. The zero-order chi connectivity index (χ0) is 47.9. The number of anilines is 4. The molecule has 0 fully saturated rings. The standard InChI is InChI=1S/C63H48N8/c64-47-28-14-10-24-43(47)59-51-32-34-53(67-51)60(44-25-11-15-29-48(44)65)55-36-38-57(69-55)62(58-39-37-56(70-58)61(54-35-33-52(59)68-54)45-26-12-16-30-49(45)66)46-27-13-17-31-50(46)71-63(40-18-4-1-5-19-40,41-20-6-2-7-21-41)42-22-8-3-9-23-42/h1-39,67,70-71H,64-66H2. The average Bonchev–Trinajstić information content (AvgIpc) is 4.27. The number of fused-ring (bicyclic) bond motifs is 8. The maximum Gasteiger partial charge on any atom is 0.114 e. The Morgan fingerprint density at radius 2 is 0.592 bits per heavy atom. The van der Waals surface area contributed by atoms with Gasteiger partial charge >= 0.3 is 0 Å². The molecular weight excluding hydrogens is 869 g/mol. The van der Waals surface area contributed by atoms with Crippen molar-refractivity contribution < 1.29 is 0 Å². The van der Waals surface area contributed by atoms with Crippen LogP contribution in [0, 0.1) is 0 Å². The predicted octanol–water partition coefficient (Wildman–Crippen LogP) is 14.5. The second kappa shape index (κ2) is 17.8. The van der Waals surface area contributed by atoms with Crippen molar-refractivity contribution in [1.29, 1.82) is 0 Å². The number of benzene rings is 7. The van der Waals surface area contributed by atoms with E-state index in [1.54, 1.807) is 0 Å². The third-order valence-corrected chi connectivity index (χ3v) is 13.6. The van der Waals surface area contributed by atoms with Gasteiger partial charge in [-0.1, -0.05) is 164 Å². The monoisotopic (exact) mass is 916 g/mol. The van der Waals surface area contributed by atoms with E-state index < -0.39 is 5.54 Å². The van der Waals surface area contributed by atoms with Crippen LogP contribution < -0.4 is 22.5 Å². The van der Waals surface area contributed by atoms with Gasteiger partial charge in [-0.15, -0.1) is 0 Å². The zero-order valence-electron chi connectivity index (χ0n) is 38.6. The van der Waals surface area contributed by atoms with Crippen LogP contribution in [0.15, 0.2) is 212 Å². The second-order valence-corrected chi connectivity index (χ2v) is 17.8. The Morgan fingerprint density at radius 3 is 0.930 bits per heavy atom. The van der Waals surface area contributed by atoms with Gasteiger partial charge in [0.15, 0.2) is 0 Å². The summed E-state index contributed by atoms with van der Waals surface area (Å²) >= 11 is 0. The summed E-state index contributed by atoms with van der Waals surface area (Å²) in [5, 5.41) is 4.20. The normalized spacial score (nSPS) is 12.0. The van der Waals surface area contributed by atoms with Crippen molar-refractivity contribution in [2.24, 2.45) is 0 Å². The highest BCUT2D eigenvalue weighted by atomic mass is 15.0. The summed E-state index contributed by atoms with van der Waals surface area (Å²) in [6.07, 6.45) is 8.31. The third-order valence-electron chi connectivity index (χ3n) is 13.6. The van der Waals surface area contributed by atoms with Crippen molar-refractivity contribution in [3.8, 4) is 44.5 Å².